The van der Waals surface area contributed by atoms with Crippen LogP contribution >= 0.6 is 0 Å². The van der Waals surface area contributed by atoms with E-state index in [1.165, 1.54) is 13.8 Å². The van der Waals surface area contributed by atoms with Crippen LogP contribution in [0.5, 0.6) is 0 Å². The average Bonchev–Trinajstić information content (AvgIpc) is 3.34. The van der Waals surface area contributed by atoms with Crippen molar-refractivity contribution in [2.24, 2.45) is 5.73 Å². The number of nitrogens with two attached hydrogens (primary N) is 1. The summed E-state index contributed by atoms with van der Waals surface area (Å²) in [5.74, 6) is 0. The van der Waals surface area contributed by atoms with Gasteiger partial charge in [-0.05, 0) is 98.2 Å². The highest BCUT2D eigenvalue weighted by atomic mass is 19.4. The summed E-state index contributed by atoms with van der Waals surface area (Å²) in [6, 6.07) is 20.5. The van der Waals surface area contributed by atoms with E-state index in [1.54, 1.807) is 18.2 Å². The topological polar surface area (TPSA) is 123 Å². The molecule has 10 nitrogen and oxygen atoms in total. The fourth-order valence-corrected chi connectivity index (χ4v) is 8.82. The van der Waals surface area contributed by atoms with Crippen LogP contribution in [0.2, 0.25) is 0 Å². The standard InChI is InChI=1S/C26H26F6N4O3.C24H24F6N2O/c1-17(18-12-20(25(27,28)29)14-21(13-18)26(30,31)32)39-15-23(19-6-4-3-5-7-19)8-10-24(33-2,11-9-23)35-22(38)36-34-16-37;1-16(17-12-19(23(25,26)27)14-20(13-17)24(28,29)30)33-15-21(18-6-4-3-5-7-18)8-10-22(31,32-2)11-9-21/h3-7,12-14,16-17H,8-11,15H2,1H3,(H,34,37)(H2,35,36,38);3-7,12-14,16H,8-11,15,31H2,1H3/t17-,23?,24?;16-,21?,22?/m11/s1. The number of hydrogen-bond acceptors (Lipinski definition) is 5. The number of rotatable bonds is 13. The molecule has 0 saturated heterocycles. The van der Waals surface area contributed by atoms with Crippen LogP contribution in [-0.2, 0) is 49.8 Å². The van der Waals surface area contributed by atoms with Gasteiger partial charge in [-0.15, -0.1) is 0 Å². The van der Waals surface area contributed by atoms with Gasteiger partial charge in [0.05, 0.1) is 47.7 Å². The van der Waals surface area contributed by atoms with E-state index in [9.17, 15) is 62.3 Å². The van der Waals surface area contributed by atoms with Crippen LogP contribution in [0.15, 0.2) is 97.1 Å². The van der Waals surface area contributed by atoms with E-state index < -0.39 is 87.4 Å². The van der Waals surface area contributed by atoms with Gasteiger partial charge in [0, 0.05) is 36.5 Å². The van der Waals surface area contributed by atoms with Crippen molar-refractivity contribution in [1.82, 2.24) is 16.2 Å². The Balaban J connectivity index is 0.000000271. The van der Waals surface area contributed by atoms with Gasteiger partial charge in [-0.25, -0.2) is 23.4 Å². The Bertz CT molecular complexity index is 2490. The SMILES string of the molecule is [C-]#[N+]C1(N)CCC(CO[C@H](C)c2cc(C(F)(F)F)cc(C(F)(F)F)c2)(c2ccccc2)CC1.[C-]#[N+]C1(NC(=O)NNC=O)CCC(CO[C@H](C)c2cc(C(F)(F)F)cc(C(F)(F)F)c2)(c2ccccc2)CC1. The summed E-state index contributed by atoms with van der Waals surface area (Å²) in [7, 11) is 0. The first kappa shape index (κ1) is 56.6. The van der Waals surface area contributed by atoms with E-state index in [1.807, 2.05) is 47.9 Å². The highest BCUT2D eigenvalue weighted by Crippen LogP contribution is 2.47. The van der Waals surface area contributed by atoms with Crippen LogP contribution in [-0.4, -0.2) is 37.0 Å². The Hall–Kier alpha value is -6.36. The molecule has 0 spiro atoms. The lowest BCUT2D eigenvalue weighted by Gasteiger charge is -2.42. The Morgan fingerprint density at radius 2 is 0.944 bits per heavy atom. The molecule has 4 aromatic carbocycles. The van der Waals surface area contributed by atoms with Crippen LogP contribution in [0.1, 0.15) is 122 Å². The third-order valence-corrected chi connectivity index (χ3v) is 13.3. The number of nitrogens with one attached hydrogen (secondary N) is 3. The van der Waals surface area contributed by atoms with Gasteiger partial charge in [-0.2, -0.15) is 52.7 Å². The first-order valence-electron chi connectivity index (χ1n) is 22.3. The van der Waals surface area contributed by atoms with Crippen molar-refractivity contribution in [3.63, 3.8) is 0 Å². The quantitative estimate of drug-likeness (QED) is 0.0460. The largest absolute Gasteiger partial charge is 0.416 e. The van der Waals surface area contributed by atoms with Gasteiger partial charge < -0.3 is 9.47 Å². The summed E-state index contributed by atoms with van der Waals surface area (Å²) >= 11 is 0. The fourth-order valence-electron chi connectivity index (χ4n) is 8.82. The van der Waals surface area contributed by atoms with E-state index in [2.05, 4.69) is 20.4 Å². The molecule has 0 bridgehead atoms. The highest BCUT2D eigenvalue weighted by Gasteiger charge is 2.50. The minimum atomic E-state index is -4.98. The summed E-state index contributed by atoms with van der Waals surface area (Å²) in [4.78, 5) is 29.6. The van der Waals surface area contributed by atoms with Gasteiger partial charge in [0.25, 0.3) is 5.66 Å². The number of carbonyl (C=O) groups excluding carboxylic acids is 2. The average molecular weight is 1030 g/mol. The molecule has 0 heterocycles. The number of ether oxygens (including phenoxy) is 2. The molecule has 2 saturated carbocycles. The molecule has 0 unspecified atom stereocenters. The predicted molar refractivity (Wildman–Crippen MR) is 239 cm³/mol. The normalized spacial score (nSPS) is 23.5. The Kier molecular flexibility index (Phi) is 17.4. The third-order valence-electron chi connectivity index (χ3n) is 13.3. The van der Waals surface area contributed by atoms with Gasteiger partial charge in [-0.1, -0.05) is 60.7 Å². The van der Waals surface area contributed by atoms with E-state index in [0.717, 1.165) is 11.1 Å². The molecule has 0 aliphatic heterocycles. The van der Waals surface area contributed by atoms with E-state index in [4.69, 9.17) is 28.4 Å². The maximum absolute atomic E-state index is 13.3. The number of urea groups is 1. The van der Waals surface area contributed by atoms with Gasteiger partial charge in [0.1, 0.15) is 0 Å². The Morgan fingerprint density at radius 3 is 1.25 bits per heavy atom. The molecule has 4 aromatic rings. The molecule has 3 amide bonds. The monoisotopic (exact) mass is 1030 g/mol. The molecule has 5 N–H and O–H groups in total. The molecular formula is C50H50F12N6O4. The van der Waals surface area contributed by atoms with Crippen LogP contribution in [0.3, 0.4) is 0 Å². The minimum Gasteiger partial charge on any atom is -0.373 e. The lowest BCUT2D eigenvalue weighted by molar-refractivity contribution is -0.145. The lowest BCUT2D eigenvalue weighted by atomic mass is 9.67. The van der Waals surface area contributed by atoms with Crippen LogP contribution in [0.4, 0.5) is 57.5 Å². The predicted octanol–water partition coefficient (Wildman–Crippen LogP) is 12.8. The molecule has 2 fully saturated rings. The number of amides is 3. The minimum absolute atomic E-state index is 0.0528. The molecule has 72 heavy (non-hydrogen) atoms. The number of hydrogen-bond donors (Lipinski definition) is 4. The van der Waals surface area contributed by atoms with Crippen molar-refractivity contribution in [3.8, 4) is 0 Å². The second-order valence-corrected chi connectivity index (χ2v) is 18.1. The molecular weight excluding hydrogens is 977 g/mol. The smallest absolute Gasteiger partial charge is 0.373 e. The second kappa shape index (κ2) is 22.2. The molecule has 2 aliphatic rings. The van der Waals surface area contributed by atoms with Gasteiger partial charge >= 0.3 is 36.4 Å². The second-order valence-electron chi connectivity index (χ2n) is 18.1. The first-order chi connectivity index (χ1) is 33.5. The maximum atomic E-state index is 13.3. The van der Waals surface area contributed by atoms with Crippen LogP contribution in [0.25, 0.3) is 9.69 Å². The van der Waals surface area contributed by atoms with Crippen LogP contribution < -0.4 is 21.9 Å². The molecule has 0 radical (unpaired) electrons. The van der Waals surface area contributed by atoms with E-state index >= 15 is 0 Å². The summed E-state index contributed by atoms with van der Waals surface area (Å²) in [6.07, 6.45) is -18.8. The van der Waals surface area contributed by atoms with Crippen molar-refractivity contribution >= 4 is 12.4 Å². The number of hydrazine groups is 1. The van der Waals surface area contributed by atoms with Crippen molar-refractivity contribution in [1.29, 1.82) is 0 Å². The van der Waals surface area contributed by atoms with Crippen LogP contribution in [0, 0.1) is 13.1 Å². The number of alkyl halides is 12. The maximum Gasteiger partial charge on any atom is 0.416 e. The zero-order chi connectivity index (χ0) is 53.4. The van der Waals surface area contributed by atoms with Gasteiger partial charge in [-0.3, -0.25) is 31.0 Å². The lowest BCUT2D eigenvalue weighted by Crippen LogP contribution is -2.56. The first-order valence-corrected chi connectivity index (χ1v) is 22.3. The number of carbonyl (C=O) groups is 2. The Morgan fingerprint density at radius 1 is 0.597 bits per heavy atom. The summed E-state index contributed by atoms with van der Waals surface area (Å²) in [5, 5.41) is 2.56. The van der Waals surface area contributed by atoms with Gasteiger partial charge in [0.2, 0.25) is 6.41 Å². The zero-order valence-corrected chi connectivity index (χ0v) is 38.7. The number of halogens is 12. The number of benzene rings is 4. The van der Waals surface area contributed by atoms with Crippen molar-refractivity contribution < 1.29 is 71.7 Å². The van der Waals surface area contributed by atoms with E-state index in [-0.39, 0.29) is 55.7 Å². The molecule has 0 aromatic heterocycles. The van der Waals surface area contributed by atoms with E-state index in [0.29, 0.717) is 62.8 Å². The summed E-state index contributed by atoms with van der Waals surface area (Å²) in [6.45, 7) is 17.8. The molecule has 2 aliphatic carbocycles. The molecule has 22 heteroatoms. The molecule has 6 rings (SSSR count). The fraction of sp³-hybridized carbons (Fsp3) is 0.440. The van der Waals surface area contributed by atoms with Crippen molar-refractivity contribution in [2.45, 2.75) is 124 Å². The third kappa shape index (κ3) is 14.2. The molecule has 388 valence electrons. The zero-order valence-electron chi connectivity index (χ0n) is 38.7. The van der Waals surface area contributed by atoms with Gasteiger partial charge in [0.15, 0.2) is 0 Å². The van der Waals surface area contributed by atoms with Crippen molar-refractivity contribution in [2.75, 3.05) is 13.2 Å². The highest BCUT2D eigenvalue weighted by molar-refractivity contribution is 5.76. The Labute approximate surface area is 407 Å². The molecule has 2 atom stereocenters. The summed E-state index contributed by atoms with van der Waals surface area (Å²) < 4.78 is 171. The van der Waals surface area contributed by atoms with Crippen molar-refractivity contribution in [3.05, 3.63) is 164 Å². The summed E-state index contributed by atoms with van der Waals surface area (Å²) in [5.41, 5.74) is 2.35. The number of nitrogens with zero attached hydrogens (tertiary/aromatic N) is 2.